The summed E-state index contributed by atoms with van der Waals surface area (Å²) < 4.78 is 29.8. The number of piperidine rings is 1. The number of aromatic nitrogens is 5. The molecule has 0 atom stereocenters. The number of nitrogens with zero attached hydrogens (tertiary/aromatic N) is 6. The van der Waals surface area contributed by atoms with Crippen LogP contribution in [0.15, 0.2) is 67.0 Å². The number of fused-ring (bicyclic) bond motifs is 1. The van der Waals surface area contributed by atoms with Crippen molar-refractivity contribution < 1.29 is 23.8 Å². The number of halogens is 1. The zero-order chi connectivity index (χ0) is 30.6. The van der Waals surface area contributed by atoms with Gasteiger partial charge in [0.05, 0.1) is 35.9 Å². The molecule has 1 saturated heterocycles. The lowest BCUT2D eigenvalue weighted by molar-refractivity contribution is 0.0697. The number of hydrogen-bond donors (Lipinski definition) is 1. The number of aryl methyl sites for hydroxylation is 1. The van der Waals surface area contributed by atoms with Gasteiger partial charge in [0.25, 0.3) is 0 Å². The van der Waals surface area contributed by atoms with Crippen molar-refractivity contribution in [1.82, 2.24) is 29.2 Å². The number of benzene rings is 2. The van der Waals surface area contributed by atoms with Crippen LogP contribution in [0.1, 0.15) is 46.2 Å². The Labute approximate surface area is 254 Å². The van der Waals surface area contributed by atoms with Gasteiger partial charge in [-0.15, -0.1) is 0 Å². The number of likely N-dealkylation sites (tertiary alicyclic amines) is 1. The molecule has 10 nitrogen and oxygen atoms in total. The van der Waals surface area contributed by atoms with Crippen LogP contribution in [0.4, 0.5) is 4.39 Å². The minimum Gasteiger partial charge on any atom is -0.478 e. The molecule has 3 aromatic heterocycles. The quantitative estimate of drug-likeness (QED) is 0.219. The molecule has 5 aromatic rings. The molecule has 0 unspecified atom stereocenters. The second-order valence-corrected chi connectivity index (χ2v) is 11.1. The Morgan fingerprint density at radius 2 is 1.91 bits per heavy atom. The van der Waals surface area contributed by atoms with Crippen molar-refractivity contribution in [2.75, 3.05) is 26.8 Å². The Morgan fingerprint density at radius 1 is 1.07 bits per heavy atom. The van der Waals surface area contributed by atoms with Crippen molar-refractivity contribution in [3.8, 4) is 17.0 Å². The van der Waals surface area contributed by atoms with Crippen molar-refractivity contribution in [2.24, 2.45) is 7.05 Å². The van der Waals surface area contributed by atoms with Gasteiger partial charge in [-0.3, -0.25) is 9.58 Å². The van der Waals surface area contributed by atoms with Crippen molar-refractivity contribution in [2.45, 2.75) is 38.5 Å². The van der Waals surface area contributed by atoms with Gasteiger partial charge in [0, 0.05) is 55.7 Å². The molecule has 0 amide bonds. The predicted octanol–water partition coefficient (Wildman–Crippen LogP) is 5.27. The number of pyridine rings is 1. The number of aromatic carboxylic acids is 1. The lowest BCUT2D eigenvalue weighted by Gasteiger charge is -2.31. The van der Waals surface area contributed by atoms with Crippen LogP contribution in [0.3, 0.4) is 0 Å². The first-order valence-electron chi connectivity index (χ1n) is 14.7. The number of rotatable bonds is 11. The fourth-order valence-electron chi connectivity index (χ4n) is 5.75. The van der Waals surface area contributed by atoms with Crippen molar-refractivity contribution in [3.63, 3.8) is 0 Å². The summed E-state index contributed by atoms with van der Waals surface area (Å²) in [6.45, 7) is 3.60. The molecule has 1 fully saturated rings. The Balaban J connectivity index is 1.07. The Bertz CT molecular complexity index is 1780. The standard InChI is InChI=1S/C33H35FN6O4/c1-38-19-26(18-35-38)23-6-7-25(27(34)16-23)21-44-32-5-3-4-28(37-32)22-10-12-39(13-11-22)20-31-36-29-9-8-24(33(41)42)17-30(29)40(31)14-15-43-2/h3-9,16-19,22H,10-15,20-21H2,1-2H3,(H,41,42). The molecule has 1 aliphatic heterocycles. The molecule has 0 aliphatic carbocycles. The van der Waals surface area contributed by atoms with Gasteiger partial charge in [-0.2, -0.15) is 5.10 Å². The third kappa shape index (κ3) is 6.48. The van der Waals surface area contributed by atoms with E-state index >= 15 is 0 Å². The number of imidazole rings is 1. The van der Waals surface area contributed by atoms with Crippen molar-refractivity contribution in [3.05, 3.63) is 95.5 Å². The summed E-state index contributed by atoms with van der Waals surface area (Å²) in [4.78, 5) is 23.5. The molecule has 228 valence electrons. The molecule has 44 heavy (non-hydrogen) atoms. The van der Waals surface area contributed by atoms with E-state index in [1.807, 2.05) is 31.4 Å². The van der Waals surface area contributed by atoms with E-state index in [0.29, 0.717) is 31.1 Å². The first-order chi connectivity index (χ1) is 21.4. The van der Waals surface area contributed by atoms with E-state index in [0.717, 1.165) is 59.6 Å². The fourth-order valence-corrected chi connectivity index (χ4v) is 5.75. The average molecular weight is 599 g/mol. The van der Waals surface area contributed by atoms with Crippen LogP contribution in [-0.4, -0.2) is 67.1 Å². The van der Waals surface area contributed by atoms with Gasteiger partial charge in [-0.25, -0.2) is 19.2 Å². The second-order valence-electron chi connectivity index (χ2n) is 11.1. The monoisotopic (exact) mass is 598 g/mol. The third-order valence-electron chi connectivity index (χ3n) is 8.18. The lowest BCUT2D eigenvalue weighted by Crippen LogP contribution is -2.33. The molecule has 6 rings (SSSR count). The minimum atomic E-state index is -0.958. The number of methoxy groups -OCH3 is 1. The molecule has 11 heteroatoms. The Morgan fingerprint density at radius 3 is 2.64 bits per heavy atom. The predicted molar refractivity (Wildman–Crippen MR) is 163 cm³/mol. The maximum Gasteiger partial charge on any atom is 0.335 e. The summed E-state index contributed by atoms with van der Waals surface area (Å²) >= 11 is 0. The number of carbonyl (C=O) groups is 1. The zero-order valence-corrected chi connectivity index (χ0v) is 24.8. The maximum atomic E-state index is 14.8. The van der Waals surface area contributed by atoms with E-state index in [9.17, 15) is 14.3 Å². The van der Waals surface area contributed by atoms with Crippen LogP contribution in [0, 0.1) is 5.82 Å². The number of ether oxygens (including phenoxy) is 2. The number of carboxylic acid groups (broad SMARTS) is 1. The molecule has 4 heterocycles. The maximum absolute atomic E-state index is 14.8. The molecule has 2 aromatic carbocycles. The molecule has 1 N–H and O–H groups in total. The Hall–Kier alpha value is -4.61. The highest BCUT2D eigenvalue weighted by Gasteiger charge is 2.24. The first-order valence-corrected chi connectivity index (χ1v) is 14.7. The van der Waals surface area contributed by atoms with Gasteiger partial charge in [-0.05, 0) is 61.8 Å². The van der Waals surface area contributed by atoms with E-state index in [1.54, 1.807) is 48.3 Å². The van der Waals surface area contributed by atoms with Crippen LogP contribution < -0.4 is 4.74 Å². The summed E-state index contributed by atoms with van der Waals surface area (Å²) in [5.74, 6) is 0.380. The van der Waals surface area contributed by atoms with E-state index in [1.165, 1.54) is 6.07 Å². The van der Waals surface area contributed by atoms with E-state index in [-0.39, 0.29) is 23.9 Å². The topological polar surface area (TPSA) is 108 Å². The summed E-state index contributed by atoms with van der Waals surface area (Å²) in [6.07, 6.45) is 5.43. The molecule has 1 aliphatic rings. The highest BCUT2D eigenvalue weighted by molar-refractivity contribution is 5.92. The first kappa shape index (κ1) is 29.5. The SMILES string of the molecule is COCCn1c(CN2CCC(c3cccc(OCc4ccc(-c5cnn(C)c5)cc4F)n3)CC2)nc2ccc(C(=O)O)cc21. The summed E-state index contributed by atoms with van der Waals surface area (Å²) in [5.41, 5.74) is 4.89. The number of carboxylic acids is 1. The molecule has 0 bridgehead atoms. The highest BCUT2D eigenvalue weighted by atomic mass is 19.1. The molecule has 0 saturated carbocycles. The van der Waals surface area contributed by atoms with E-state index in [4.69, 9.17) is 19.4 Å². The van der Waals surface area contributed by atoms with Gasteiger partial charge in [0.15, 0.2) is 0 Å². The van der Waals surface area contributed by atoms with E-state index < -0.39 is 5.97 Å². The average Bonchev–Trinajstić information content (AvgIpc) is 3.62. The van der Waals surface area contributed by atoms with Gasteiger partial charge in [0.2, 0.25) is 5.88 Å². The lowest BCUT2D eigenvalue weighted by atomic mass is 9.93. The van der Waals surface area contributed by atoms with Crippen LogP contribution in [0.25, 0.3) is 22.2 Å². The minimum absolute atomic E-state index is 0.0894. The fraction of sp³-hybridized carbons (Fsp3) is 0.333. The number of hydrogen-bond acceptors (Lipinski definition) is 7. The largest absolute Gasteiger partial charge is 0.478 e. The Kier molecular flexibility index (Phi) is 8.67. The zero-order valence-electron chi connectivity index (χ0n) is 24.8. The second kappa shape index (κ2) is 12.9. The van der Waals surface area contributed by atoms with Crippen LogP contribution in [0.5, 0.6) is 5.88 Å². The van der Waals surface area contributed by atoms with Crippen molar-refractivity contribution in [1.29, 1.82) is 0 Å². The van der Waals surface area contributed by atoms with Crippen molar-refractivity contribution >= 4 is 17.0 Å². The molecule has 0 radical (unpaired) electrons. The van der Waals surface area contributed by atoms with Gasteiger partial charge in [-0.1, -0.05) is 18.2 Å². The van der Waals surface area contributed by atoms with Crippen LogP contribution >= 0.6 is 0 Å². The summed E-state index contributed by atoms with van der Waals surface area (Å²) in [7, 11) is 3.48. The molecular weight excluding hydrogens is 563 g/mol. The molecule has 0 spiro atoms. The third-order valence-corrected chi connectivity index (χ3v) is 8.18. The normalized spacial score (nSPS) is 14.3. The van der Waals surface area contributed by atoms with Gasteiger partial charge in [0.1, 0.15) is 18.2 Å². The summed E-state index contributed by atoms with van der Waals surface area (Å²) in [5, 5.41) is 13.6. The smallest absolute Gasteiger partial charge is 0.335 e. The van der Waals surface area contributed by atoms with Gasteiger partial charge < -0.3 is 19.1 Å². The van der Waals surface area contributed by atoms with Gasteiger partial charge >= 0.3 is 5.97 Å². The summed E-state index contributed by atoms with van der Waals surface area (Å²) in [6, 6.07) is 15.9. The van der Waals surface area contributed by atoms with Crippen LogP contribution in [0.2, 0.25) is 0 Å². The highest BCUT2D eigenvalue weighted by Crippen LogP contribution is 2.30. The van der Waals surface area contributed by atoms with E-state index in [2.05, 4.69) is 14.6 Å². The molecular formula is C33H35FN6O4. The van der Waals surface area contributed by atoms with Crippen LogP contribution in [-0.2, 0) is 31.5 Å².